The minimum atomic E-state index is -0.517. The van der Waals surface area contributed by atoms with E-state index in [2.05, 4.69) is 0 Å². The summed E-state index contributed by atoms with van der Waals surface area (Å²) in [5, 5.41) is 29.8. The molecule has 0 unspecified atom stereocenters. The molecule has 0 aliphatic rings. The number of benzene rings is 2. The van der Waals surface area contributed by atoms with Gasteiger partial charge in [0.1, 0.15) is 5.75 Å². The Morgan fingerprint density at radius 2 is 1.75 bits per heavy atom. The third-order valence-corrected chi connectivity index (χ3v) is 4.44. The Labute approximate surface area is 148 Å². The zero-order valence-corrected chi connectivity index (χ0v) is 14.2. The summed E-state index contributed by atoms with van der Waals surface area (Å²) in [6.45, 7) is -0.684. The maximum absolute atomic E-state index is 11.2. The minimum Gasteiger partial charge on any atom is -0.440 e. The van der Waals surface area contributed by atoms with Gasteiger partial charge in [-0.05, 0) is 41.5 Å². The number of thioether (sulfide) groups is 1. The lowest BCUT2D eigenvalue weighted by atomic mass is 10.0. The van der Waals surface area contributed by atoms with Crippen LogP contribution in [0.3, 0.4) is 0 Å². The summed E-state index contributed by atoms with van der Waals surface area (Å²) in [5.41, 5.74) is 1.08. The number of hydrogen-bond acceptors (Lipinski definition) is 7. The molecule has 0 radical (unpaired) electrons. The summed E-state index contributed by atoms with van der Waals surface area (Å²) in [6, 6.07) is 11.8. The molecule has 8 heteroatoms. The topological polar surface area (TPSA) is 92.8 Å². The highest BCUT2D eigenvalue weighted by molar-refractivity contribution is 8.22. The molecule has 0 saturated heterocycles. The van der Waals surface area contributed by atoms with Gasteiger partial charge in [-0.3, -0.25) is 10.1 Å². The van der Waals surface area contributed by atoms with Gasteiger partial charge in [0.05, 0.1) is 18.1 Å². The molecule has 0 aromatic heterocycles. The molecule has 2 rings (SSSR count). The lowest BCUT2D eigenvalue weighted by Gasteiger charge is -2.10. The van der Waals surface area contributed by atoms with Crippen molar-refractivity contribution in [3.63, 3.8) is 0 Å². The van der Waals surface area contributed by atoms with E-state index < -0.39 is 4.92 Å². The van der Waals surface area contributed by atoms with Gasteiger partial charge in [-0.25, -0.2) is 0 Å². The van der Waals surface area contributed by atoms with Crippen LogP contribution in [0.5, 0.6) is 5.75 Å². The molecule has 126 valence electrons. The van der Waals surface area contributed by atoms with Crippen molar-refractivity contribution in [3.05, 3.63) is 69.3 Å². The predicted octanol–water partition coefficient (Wildman–Crippen LogP) is 3.18. The second kappa shape index (κ2) is 8.74. The molecule has 2 aromatic carbocycles. The maximum atomic E-state index is 11.2. The van der Waals surface area contributed by atoms with Crippen molar-refractivity contribution >= 4 is 34.0 Å². The molecule has 0 aliphatic carbocycles. The maximum Gasteiger partial charge on any atom is 0.273 e. The summed E-state index contributed by atoms with van der Waals surface area (Å²) in [6.07, 6.45) is 0. The van der Waals surface area contributed by atoms with E-state index in [1.165, 1.54) is 12.1 Å². The first kappa shape index (κ1) is 18.3. The van der Waals surface area contributed by atoms with Gasteiger partial charge in [-0.1, -0.05) is 30.0 Å². The average molecular weight is 365 g/mol. The Morgan fingerprint density at radius 3 is 2.33 bits per heavy atom. The highest BCUT2D eigenvalue weighted by atomic mass is 32.2. The highest BCUT2D eigenvalue weighted by Gasteiger charge is 2.18. The van der Waals surface area contributed by atoms with E-state index in [0.717, 1.165) is 11.8 Å². The van der Waals surface area contributed by atoms with E-state index in [0.29, 0.717) is 22.4 Å². The molecule has 0 aliphatic heterocycles. The van der Waals surface area contributed by atoms with Crippen LogP contribution in [0.15, 0.2) is 42.5 Å². The van der Waals surface area contributed by atoms with E-state index in [1.807, 2.05) is 18.2 Å². The number of para-hydroxylation sites is 1. The second-order valence-corrected chi connectivity index (χ2v) is 6.35. The number of rotatable bonds is 6. The smallest absolute Gasteiger partial charge is 0.273 e. The Kier molecular flexibility index (Phi) is 6.68. The fourth-order valence-electron chi connectivity index (χ4n) is 2.06. The summed E-state index contributed by atoms with van der Waals surface area (Å²) in [5.74, 6) is 0.817. The van der Waals surface area contributed by atoms with Crippen molar-refractivity contribution in [2.75, 3.05) is 0 Å². The number of hydrogen-bond donors (Lipinski definition) is 2. The summed E-state index contributed by atoms with van der Waals surface area (Å²) in [4.78, 5) is 10.7. The molecule has 0 fully saturated rings. The van der Waals surface area contributed by atoms with Gasteiger partial charge in [0.15, 0.2) is 0 Å². The third-order valence-electron chi connectivity index (χ3n) is 3.23. The highest BCUT2D eigenvalue weighted by Crippen LogP contribution is 2.28. The number of ether oxygens (including phenoxy) is 1. The van der Waals surface area contributed by atoms with E-state index in [-0.39, 0.29) is 29.0 Å². The predicted molar refractivity (Wildman–Crippen MR) is 95.9 cm³/mol. The number of nitro benzene ring substituents is 1. The molecule has 0 heterocycles. The SMILES string of the molecule is O=[N+]([O-])c1cc(CO)c(CO)cc1CSC(=S)Oc1ccccc1. The van der Waals surface area contributed by atoms with Crippen LogP contribution >= 0.6 is 24.0 Å². The van der Waals surface area contributed by atoms with Gasteiger partial charge in [0.25, 0.3) is 5.69 Å². The molecule has 6 nitrogen and oxygen atoms in total. The summed E-state index contributed by atoms with van der Waals surface area (Å²) >= 11 is 6.28. The first-order chi connectivity index (χ1) is 11.5. The van der Waals surface area contributed by atoms with Gasteiger partial charge < -0.3 is 14.9 Å². The number of nitro groups is 1. The number of aliphatic hydroxyl groups is 2. The van der Waals surface area contributed by atoms with Crippen LogP contribution in [-0.4, -0.2) is 19.5 Å². The molecule has 24 heavy (non-hydrogen) atoms. The van der Waals surface area contributed by atoms with Gasteiger partial charge in [-0.15, -0.1) is 0 Å². The van der Waals surface area contributed by atoms with Crippen molar-refractivity contribution < 1.29 is 19.9 Å². The molecule has 2 aromatic rings. The van der Waals surface area contributed by atoms with E-state index in [4.69, 9.17) is 17.0 Å². The van der Waals surface area contributed by atoms with Crippen LogP contribution in [0, 0.1) is 10.1 Å². The van der Waals surface area contributed by atoms with Crippen LogP contribution in [0.2, 0.25) is 0 Å². The van der Waals surface area contributed by atoms with E-state index in [9.17, 15) is 20.3 Å². The Balaban J connectivity index is 2.13. The normalized spacial score (nSPS) is 10.4. The number of nitrogens with zero attached hydrogens (tertiary/aromatic N) is 1. The lowest BCUT2D eigenvalue weighted by molar-refractivity contribution is -0.385. The molecule has 0 saturated carbocycles. The zero-order valence-electron chi connectivity index (χ0n) is 12.5. The fraction of sp³-hybridized carbons (Fsp3) is 0.188. The largest absolute Gasteiger partial charge is 0.440 e. The lowest BCUT2D eigenvalue weighted by Crippen LogP contribution is -2.04. The van der Waals surface area contributed by atoms with Crippen molar-refractivity contribution in [3.8, 4) is 5.75 Å². The van der Waals surface area contributed by atoms with Crippen LogP contribution in [0.1, 0.15) is 16.7 Å². The van der Waals surface area contributed by atoms with Crippen molar-refractivity contribution in [1.82, 2.24) is 0 Å². The van der Waals surface area contributed by atoms with Crippen molar-refractivity contribution in [2.45, 2.75) is 19.0 Å². The summed E-state index contributed by atoms with van der Waals surface area (Å²) in [7, 11) is 0. The van der Waals surface area contributed by atoms with E-state index in [1.54, 1.807) is 12.1 Å². The molecular weight excluding hydrogens is 350 g/mol. The molecule has 0 spiro atoms. The Morgan fingerprint density at radius 1 is 1.12 bits per heavy atom. The molecule has 0 amide bonds. The Hall–Kier alpha value is -2.00. The van der Waals surface area contributed by atoms with Crippen molar-refractivity contribution in [2.24, 2.45) is 0 Å². The average Bonchev–Trinajstić information content (AvgIpc) is 2.59. The molecule has 0 bridgehead atoms. The molecule has 2 N–H and O–H groups in total. The van der Waals surface area contributed by atoms with Crippen LogP contribution in [-0.2, 0) is 19.0 Å². The monoisotopic (exact) mass is 365 g/mol. The van der Waals surface area contributed by atoms with E-state index >= 15 is 0 Å². The second-order valence-electron chi connectivity index (χ2n) is 4.78. The fourth-order valence-corrected chi connectivity index (χ4v) is 2.99. The number of thiocarbonyl (C=S) groups is 1. The quantitative estimate of drug-likeness (QED) is 0.461. The molecular formula is C16H15NO5S2. The van der Waals surface area contributed by atoms with Gasteiger partial charge >= 0.3 is 0 Å². The minimum absolute atomic E-state index is 0.119. The van der Waals surface area contributed by atoms with Gasteiger partial charge in [0.2, 0.25) is 4.38 Å². The van der Waals surface area contributed by atoms with Gasteiger partial charge in [-0.2, -0.15) is 0 Å². The molecule has 0 atom stereocenters. The first-order valence-electron chi connectivity index (χ1n) is 6.95. The third kappa shape index (κ3) is 4.75. The standard InChI is InChI=1S/C16H15NO5S2/c18-8-11-6-13(15(17(20)21)7-12(11)9-19)10-24-16(23)22-14-4-2-1-3-5-14/h1-7,18-19H,8-10H2. The van der Waals surface area contributed by atoms with Crippen LogP contribution < -0.4 is 4.74 Å². The van der Waals surface area contributed by atoms with Crippen LogP contribution in [0.25, 0.3) is 0 Å². The summed E-state index contributed by atoms with van der Waals surface area (Å²) < 4.78 is 5.72. The van der Waals surface area contributed by atoms with Gasteiger partial charge in [0, 0.05) is 17.4 Å². The van der Waals surface area contributed by atoms with Crippen molar-refractivity contribution in [1.29, 1.82) is 0 Å². The number of aliphatic hydroxyl groups excluding tert-OH is 2. The first-order valence-corrected chi connectivity index (χ1v) is 8.35. The Bertz CT molecular complexity index is 737. The van der Waals surface area contributed by atoms with Crippen LogP contribution in [0.4, 0.5) is 5.69 Å². The zero-order chi connectivity index (χ0) is 17.5.